The largest absolute Gasteiger partial charge is 0.356 e. The molecule has 3 N–H and O–H groups in total. The van der Waals surface area contributed by atoms with Crippen LogP contribution in [0.5, 0.6) is 0 Å². The summed E-state index contributed by atoms with van der Waals surface area (Å²) in [4.78, 5) is 35.2. The minimum atomic E-state index is -0.0184. The molecule has 0 atom stereocenters. The van der Waals surface area contributed by atoms with Gasteiger partial charge < -0.3 is 16.0 Å². The third-order valence-electron chi connectivity index (χ3n) is 4.92. The molecule has 6 nitrogen and oxygen atoms in total. The van der Waals surface area contributed by atoms with Crippen molar-refractivity contribution >= 4 is 17.7 Å². The second kappa shape index (κ2) is 21.1. The molecule has 0 heterocycles. The summed E-state index contributed by atoms with van der Waals surface area (Å²) in [5.41, 5.74) is 0. The van der Waals surface area contributed by atoms with Gasteiger partial charge in [0.15, 0.2) is 0 Å². The summed E-state index contributed by atoms with van der Waals surface area (Å²) in [5.74, 6) is 0.126. The van der Waals surface area contributed by atoms with E-state index in [0.29, 0.717) is 45.2 Å². The molecule has 0 rings (SSSR count). The molecule has 0 saturated heterocycles. The zero-order valence-corrected chi connectivity index (χ0v) is 19.0. The Kier molecular flexibility index (Phi) is 20.0. The van der Waals surface area contributed by atoms with Crippen LogP contribution in [-0.2, 0) is 14.4 Å². The number of carbonyl (C=O) groups is 3. The lowest BCUT2D eigenvalue weighted by molar-refractivity contribution is -0.123. The number of carbonyl (C=O) groups excluding carboxylic acids is 3. The summed E-state index contributed by atoms with van der Waals surface area (Å²) in [7, 11) is 0. The van der Waals surface area contributed by atoms with Gasteiger partial charge in [-0.05, 0) is 25.7 Å². The molecule has 0 spiro atoms. The Balaban J connectivity index is 3.43. The van der Waals surface area contributed by atoms with Gasteiger partial charge in [0.2, 0.25) is 17.7 Å². The van der Waals surface area contributed by atoms with Crippen LogP contribution in [0, 0.1) is 0 Å². The normalized spacial score (nSPS) is 10.6. The van der Waals surface area contributed by atoms with E-state index in [2.05, 4.69) is 29.8 Å². The van der Waals surface area contributed by atoms with E-state index in [1.165, 1.54) is 44.9 Å². The quantitative estimate of drug-likeness (QED) is 0.262. The van der Waals surface area contributed by atoms with E-state index in [0.717, 1.165) is 25.8 Å². The van der Waals surface area contributed by atoms with Gasteiger partial charge in [-0.25, -0.2) is 0 Å². The Morgan fingerprint density at radius 1 is 0.448 bits per heavy atom. The molecule has 0 radical (unpaired) electrons. The Morgan fingerprint density at radius 2 is 0.793 bits per heavy atom. The van der Waals surface area contributed by atoms with Gasteiger partial charge in [-0.15, -0.1) is 0 Å². The lowest BCUT2D eigenvalue weighted by Crippen LogP contribution is -2.29. The topological polar surface area (TPSA) is 87.3 Å². The molecule has 0 fully saturated rings. The predicted octanol–water partition coefficient (Wildman–Crippen LogP) is 4.23. The van der Waals surface area contributed by atoms with Gasteiger partial charge in [0.1, 0.15) is 0 Å². The van der Waals surface area contributed by atoms with Gasteiger partial charge in [0, 0.05) is 38.9 Å². The number of rotatable bonds is 20. The van der Waals surface area contributed by atoms with Crippen LogP contribution in [0.15, 0.2) is 0 Å². The number of nitrogens with one attached hydrogen (secondary N) is 3. The van der Waals surface area contributed by atoms with Crippen molar-refractivity contribution in [3.63, 3.8) is 0 Å². The highest BCUT2D eigenvalue weighted by molar-refractivity contribution is 5.77. The zero-order chi connectivity index (χ0) is 21.6. The number of unbranched alkanes of at least 4 members (excludes halogenated alkanes) is 8. The van der Waals surface area contributed by atoms with E-state index in [1.807, 2.05) is 0 Å². The number of amides is 3. The molecule has 0 bridgehead atoms. The van der Waals surface area contributed by atoms with Crippen LogP contribution in [-0.4, -0.2) is 37.4 Å². The van der Waals surface area contributed by atoms with Crippen molar-refractivity contribution < 1.29 is 14.4 Å². The molecule has 3 amide bonds. The Morgan fingerprint density at radius 3 is 1.24 bits per heavy atom. The molecule has 0 aliphatic heterocycles. The minimum absolute atomic E-state index is 0.0184. The molecule has 0 aromatic rings. The Bertz CT molecular complexity index is 428. The van der Waals surface area contributed by atoms with Crippen molar-refractivity contribution in [1.29, 1.82) is 0 Å². The van der Waals surface area contributed by atoms with Crippen LogP contribution in [0.3, 0.4) is 0 Å². The predicted molar refractivity (Wildman–Crippen MR) is 120 cm³/mol. The van der Waals surface area contributed by atoms with Gasteiger partial charge >= 0.3 is 0 Å². The summed E-state index contributed by atoms with van der Waals surface area (Å²) >= 11 is 0. The maximum Gasteiger partial charge on any atom is 0.220 e. The number of hydrogen-bond donors (Lipinski definition) is 3. The maximum absolute atomic E-state index is 11.8. The first-order chi connectivity index (χ1) is 14.1. The van der Waals surface area contributed by atoms with Crippen molar-refractivity contribution in [2.24, 2.45) is 0 Å². The van der Waals surface area contributed by atoms with E-state index in [1.54, 1.807) is 0 Å². The fourth-order valence-electron chi connectivity index (χ4n) is 3.06. The summed E-state index contributed by atoms with van der Waals surface area (Å²) < 4.78 is 0. The fraction of sp³-hybridized carbons (Fsp3) is 0.870. The van der Waals surface area contributed by atoms with E-state index >= 15 is 0 Å². The molecule has 0 aliphatic carbocycles. The van der Waals surface area contributed by atoms with E-state index < -0.39 is 0 Å². The van der Waals surface area contributed by atoms with Crippen molar-refractivity contribution in [1.82, 2.24) is 16.0 Å². The second-order valence-electron chi connectivity index (χ2n) is 7.84. The van der Waals surface area contributed by atoms with Crippen LogP contribution in [0.25, 0.3) is 0 Å². The molecular formula is C23H45N3O3. The summed E-state index contributed by atoms with van der Waals surface area (Å²) in [6.45, 7) is 6.18. The molecule has 0 unspecified atom stereocenters. The molecule has 0 aliphatic rings. The average Bonchev–Trinajstić information content (AvgIpc) is 2.71. The monoisotopic (exact) mass is 411 g/mol. The lowest BCUT2D eigenvalue weighted by Gasteiger charge is -2.07. The summed E-state index contributed by atoms with van der Waals surface area (Å²) in [6, 6.07) is 0. The first-order valence-electron chi connectivity index (χ1n) is 11.9. The third kappa shape index (κ3) is 20.9. The SMILES string of the molecule is CCCCCCCNC(=O)CCCNC(=O)CCCNC(=O)CCCCCCC. The highest BCUT2D eigenvalue weighted by atomic mass is 16.2. The van der Waals surface area contributed by atoms with E-state index in [9.17, 15) is 14.4 Å². The van der Waals surface area contributed by atoms with Crippen LogP contribution in [0.4, 0.5) is 0 Å². The molecule has 0 saturated carbocycles. The zero-order valence-electron chi connectivity index (χ0n) is 19.0. The second-order valence-corrected chi connectivity index (χ2v) is 7.84. The van der Waals surface area contributed by atoms with Gasteiger partial charge in [-0.2, -0.15) is 0 Å². The highest BCUT2D eigenvalue weighted by Crippen LogP contribution is 2.04. The number of hydrogen-bond acceptors (Lipinski definition) is 3. The minimum Gasteiger partial charge on any atom is -0.356 e. The average molecular weight is 412 g/mol. The van der Waals surface area contributed by atoms with Crippen molar-refractivity contribution in [3.05, 3.63) is 0 Å². The Hall–Kier alpha value is -1.59. The van der Waals surface area contributed by atoms with Crippen molar-refractivity contribution in [3.8, 4) is 0 Å². The van der Waals surface area contributed by atoms with Gasteiger partial charge in [-0.1, -0.05) is 65.2 Å². The first-order valence-corrected chi connectivity index (χ1v) is 11.9. The third-order valence-corrected chi connectivity index (χ3v) is 4.92. The summed E-state index contributed by atoms with van der Waals surface area (Å²) in [6.07, 6.45) is 14.4. The van der Waals surface area contributed by atoms with Crippen molar-refractivity contribution in [2.45, 2.75) is 110 Å². The van der Waals surface area contributed by atoms with Gasteiger partial charge in [0.05, 0.1) is 0 Å². The standard InChI is InChI=1S/C23H45N3O3/c1-3-5-7-9-11-15-21(27)25-19-14-17-23(29)26-20-13-16-22(28)24-18-12-10-8-6-4-2/h3-20H2,1-2H3,(H,24,28)(H,25,27)(H,26,29). The molecule has 170 valence electrons. The molecule has 29 heavy (non-hydrogen) atoms. The highest BCUT2D eigenvalue weighted by Gasteiger charge is 2.05. The fourth-order valence-corrected chi connectivity index (χ4v) is 3.06. The maximum atomic E-state index is 11.8. The van der Waals surface area contributed by atoms with Crippen LogP contribution < -0.4 is 16.0 Å². The van der Waals surface area contributed by atoms with Crippen LogP contribution >= 0.6 is 0 Å². The van der Waals surface area contributed by atoms with E-state index in [4.69, 9.17) is 0 Å². The summed E-state index contributed by atoms with van der Waals surface area (Å²) in [5, 5.41) is 8.65. The molecular weight excluding hydrogens is 366 g/mol. The van der Waals surface area contributed by atoms with E-state index in [-0.39, 0.29) is 17.7 Å². The molecule has 0 aromatic carbocycles. The van der Waals surface area contributed by atoms with Gasteiger partial charge in [0.25, 0.3) is 0 Å². The van der Waals surface area contributed by atoms with Crippen LogP contribution in [0.1, 0.15) is 110 Å². The smallest absolute Gasteiger partial charge is 0.220 e. The Labute approximate surface area is 178 Å². The molecule has 0 aromatic heterocycles. The lowest BCUT2D eigenvalue weighted by atomic mass is 10.1. The van der Waals surface area contributed by atoms with Crippen molar-refractivity contribution in [2.75, 3.05) is 19.6 Å². The van der Waals surface area contributed by atoms with Crippen LogP contribution in [0.2, 0.25) is 0 Å². The molecule has 6 heteroatoms. The first kappa shape index (κ1) is 27.4. The van der Waals surface area contributed by atoms with Gasteiger partial charge in [-0.3, -0.25) is 14.4 Å².